The Morgan fingerprint density at radius 2 is 1.83 bits per heavy atom. The number of halogens is 1. The summed E-state index contributed by atoms with van der Waals surface area (Å²) in [7, 11) is 0. The molecule has 29 heavy (non-hydrogen) atoms. The third-order valence-corrected chi connectivity index (χ3v) is 4.39. The Morgan fingerprint density at radius 3 is 2.69 bits per heavy atom. The summed E-state index contributed by atoms with van der Waals surface area (Å²) in [6.07, 6.45) is 2.14. The van der Waals surface area contributed by atoms with Gasteiger partial charge in [-0.3, -0.25) is 4.79 Å². The number of fused-ring (bicyclic) bond motifs is 1. The number of carbonyl (C=O) groups excluding carboxylic acids is 1. The standard InChI is InChI=1S/C21H19FN4O3/c22-16-4-1-14(2-5-16)7-9-23-20(27)17-8-10-24-21(26-17)25-12-15-3-6-18-19(11-15)29-13-28-18/h1-6,8,10-11H,7,9,12-13H2,(H,23,27)(H,24,25,26). The lowest BCUT2D eigenvalue weighted by Gasteiger charge is -2.08. The second-order valence-electron chi connectivity index (χ2n) is 6.44. The van der Waals surface area contributed by atoms with Crippen LogP contribution >= 0.6 is 0 Å². The van der Waals surface area contributed by atoms with E-state index in [1.165, 1.54) is 18.3 Å². The van der Waals surface area contributed by atoms with Crippen molar-refractivity contribution >= 4 is 11.9 Å². The number of nitrogens with zero attached hydrogens (tertiary/aromatic N) is 2. The third-order valence-electron chi connectivity index (χ3n) is 4.39. The number of anilines is 1. The van der Waals surface area contributed by atoms with Gasteiger partial charge in [-0.05, 0) is 47.9 Å². The number of hydrogen-bond donors (Lipinski definition) is 2. The van der Waals surface area contributed by atoms with Gasteiger partial charge in [-0.15, -0.1) is 0 Å². The number of amides is 1. The lowest BCUT2D eigenvalue weighted by Crippen LogP contribution is -2.26. The number of ether oxygens (including phenoxy) is 2. The first kappa shape index (κ1) is 18.7. The number of benzene rings is 2. The van der Waals surface area contributed by atoms with Gasteiger partial charge in [0.15, 0.2) is 11.5 Å². The summed E-state index contributed by atoms with van der Waals surface area (Å²) >= 11 is 0. The van der Waals surface area contributed by atoms with Crippen molar-refractivity contribution in [1.29, 1.82) is 0 Å². The molecule has 2 heterocycles. The highest BCUT2D eigenvalue weighted by atomic mass is 19.1. The van der Waals surface area contributed by atoms with Crippen LogP contribution in [0.1, 0.15) is 21.6 Å². The van der Waals surface area contributed by atoms with E-state index in [0.717, 1.165) is 16.9 Å². The SMILES string of the molecule is O=C(NCCc1ccc(F)cc1)c1ccnc(NCc2ccc3c(c2)OCO3)n1. The highest BCUT2D eigenvalue weighted by molar-refractivity contribution is 5.92. The Bertz CT molecular complexity index is 1010. The van der Waals surface area contributed by atoms with Gasteiger partial charge in [0, 0.05) is 19.3 Å². The maximum Gasteiger partial charge on any atom is 0.270 e. The number of carbonyl (C=O) groups is 1. The zero-order chi connectivity index (χ0) is 20.1. The highest BCUT2D eigenvalue weighted by Crippen LogP contribution is 2.32. The molecule has 0 aliphatic carbocycles. The van der Waals surface area contributed by atoms with Crippen LogP contribution in [0.2, 0.25) is 0 Å². The molecule has 1 amide bonds. The fourth-order valence-corrected chi connectivity index (χ4v) is 2.86. The molecule has 0 bridgehead atoms. The molecule has 4 rings (SSSR count). The summed E-state index contributed by atoms with van der Waals surface area (Å²) < 4.78 is 23.6. The van der Waals surface area contributed by atoms with Crippen LogP contribution in [-0.2, 0) is 13.0 Å². The molecular weight excluding hydrogens is 375 g/mol. The summed E-state index contributed by atoms with van der Waals surface area (Å²) in [4.78, 5) is 20.7. The molecule has 0 spiro atoms. The Hall–Kier alpha value is -3.68. The smallest absolute Gasteiger partial charge is 0.270 e. The second-order valence-corrected chi connectivity index (χ2v) is 6.44. The van der Waals surface area contributed by atoms with Crippen LogP contribution in [0, 0.1) is 5.82 Å². The first-order valence-electron chi connectivity index (χ1n) is 9.15. The number of hydrogen-bond acceptors (Lipinski definition) is 6. The van der Waals surface area contributed by atoms with Gasteiger partial charge in [0.2, 0.25) is 12.7 Å². The lowest BCUT2D eigenvalue weighted by molar-refractivity contribution is 0.0949. The zero-order valence-corrected chi connectivity index (χ0v) is 15.5. The van der Waals surface area contributed by atoms with Crippen molar-refractivity contribution < 1.29 is 18.7 Å². The molecule has 0 atom stereocenters. The zero-order valence-electron chi connectivity index (χ0n) is 15.5. The van der Waals surface area contributed by atoms with E-state index in [0.29, 0.717) is 31.2 Å². The molecule has 148 valence electrons. The monoisotopic (exact) mass is 394 g/mol. The molecule has 3 aromatic rings. The van der Waals surface area contributed by atoms with Gasteiger partial charge in [0.05, 0.1) is 0 Å². The number of aromatic nitrogens is 2. The van der Waals surface area contributed by atoms with Crippen molar-refractivity contribution in [2.75, 3.05) is 18.7 Å². The van der Waals surface area contributed by atoms with Crippen LogP contribution in [0.15, 0.2) is 54.7 Å². The summed E-state index contributed by atoms with van der Waals surface area (Å²) in [6.45, 7) is 1.13. The minimum atomic E-state index is -0.291. The van der Waals surface area contributed by atoms with Crippen molar-refractivity contribution in [2.45, 2.75) is 13.0 Å². The van der Waals surface area contributed by atoms with Crippen LogP contribution in [0.25, 0.3) is 0 Å². The molecule has 1 aliphatic rings. The Morgan fingerprint density at radius 1 is 1.03 bits per heavy atom. The second kappa shape index (κ2) is 8.55. The van der Waals surface area contributed by atoms with Crippen molar-refractivity contribution in [3.63, 3.8) is 0 Å². The minimum Gasteiger partial charge on any atom is -0.454 e. The molecule has 0 saturated carbocycles. The molecule has 1 aromatic heterocycles. The molecule has 8 heteroatoms. The first-order valence-corrected chi connectivity index (χ1v) is 9.15. The summed E-state index contributed by atoms with van der Waals surface area (Å²) in [6, 6.07) is 13.4. The Kier molecular flexibility index (Phi) is 5.51. The van der Waals surface area contributed by atoms with Gasteiger partial charge < -0.3 is 20.1 Å². The van der Waals surface area contributed by atoms with Crippen LogP contribution in [0.3, 0.4) is 0 Å². The van der Waals surface area contributed by atoms with Crippen LogP contribution < -0.4 is 20.1 Å². The van der Waals surface area contributed by atoms with Crippen molar-refractivity contribution in [3.05, 3.63) is 77.4 Å². The molecule has 0 radical (unpaired) electrons. The summed E-state index contributed by atoms with van der Waals surface area (Å²) in [5.41, 5.74) is 2.19. The molecule has 1 aliphatic heterocycles. The summed E-state index contributed by atoms with van der Waals surface area (Å²) in [5, 5.41) is 5.91. The van der Waals surface area contributed by atoms with Gasteiger partial charge in [0.1, 0.15) is 11.5 Å². The van der Waals surface area contributed by atoms with Crippen LogP contribution in [0.5, 0.6) is 11.5 Å². The number of nitrogens with one attached hydrogen (secondary N) is 2. The van der Waals surface area contributed by atoms with Crippen LogP contribution in [0.4, 0.5) is 10.3 Å². The average Bonchev–Trinajstić information content (AvgIpc) is 3.22. The van der Waals surface area contributed by atoms with E-state index in [4.69, 9.17) is 9.47 Å². The minimum absolute atomic E-state index is 0.230. The molecule has 0 saturated heterocycles. The fraction of sp³-hybridized carbons (Fsp3) is 0.190. The first-order chi connectivity index (χ1) is 14.2. The predicted molar refractivity (Wildman–Crippen MR) is 104 cm³/mol. The largest absolute Gasteiger partial charge is 0.454 e. The fourth-order valence-electron chi connectivity index (χ4n) is 2.86. The Balaban J connectivity index is 1.30. The van der Waals surface area contributed by atoms with Gasteiger partial charge in [-0.25, -0.2) is 14.4 Å². The number of rotatable bonds is 7. The van der Waals surface area contributed by atoms with Gasteiger partial charge in [-0.2, -0.15) is 0 Å². The molecule has 7 nitrogen and oxygen atoms in total. The quantitative estimate of drug-likeness (QED) is 0.641. The van der Waals surface area contributed by atoms with Crippen LogP contribution in [-0.4, -0.2) is 29.2 Å². The Labute approximate surface area is 166 Å². The van der Waals surface area contributed by atoms with E-state index in [-0.39, 0.29) is 24.2 Å². The molecular formula is C21H19FN4O3. The highest BCUT2D eigenvalue weighted by Gasteiger charge is 2.13. The van der Waals surface area contributed by atoms with Gasteiger partial charge >= 0.3 is 0 Å². The average molecular weight is 394 g/mol. The molecule has 2 aromatic carbocycles. The van der Waals surface area contributed by atoms with E-state index in [2.05, 4.69) is 20.6 Å². The maximum absolute atomic E-state index is 12.9. The van der Waals surface area contributed by atoms with Crippen molar-refractivity contribution in [3.8, 4) is 11.5 Å². The third kappa shape index (κ3) is 4.78. The van der Waals surface area contributed by atoms with Crippen molar-refractivity contribution in [1.82, 2.24) is 15.3 Å². The van der Waals surface area contributed by atoms with E-state index in [9.17, 15) is 9.18 Å². The lowest BCUT2D eigenvalue weighted by atomic mass is 10.1. The van der Waals surface area contributed by atoms with E-state index >= 15 is 0 Å². The normalized spacial score (nSPS) is 11.9. The summed E-state index contributed by atoms with van der Waals surface area (Å²) in [5.74, 6) is 1.22. The van der Waals surface area contributed by atoms with Gasteiger partial charge in [0.25, 0.3) is 5.91 Å². The van der Waals surface area contributed by atoms with Crippen molar-refractivity contribution in [2.24, 2.45) is 0 Å². The van der Waals surface area contributed by atoms with E-state index in [1.54, 1.807) is 18.2 Å². The van der Waals surface area contributed by atoms with E-state index in [1.807, 2.05) is 18.2 Å². The molecule has 2 N–H and O–H groups in total. The van der Waals surface area contributed by atoms with E-state index < -0.39 is 0 Å². The van der Waals surface area contributed by atoms with Gasteiger partial charge in [-0.1, -0.05) is 18.2 Å². The topological polar surface area (TPSA) is 85.4 Å². The maximum atomic E-state index is 12.9. The molecule has 0 unspecified atom stereocenters. The molecule has 0 fully saturated rings. The predicted octanol–water partition coefficient (Wildman–Crippen LogP) is 2.93.